The van der Waals surface area contributed by atoms with Crippen molar-refractivity contribution in [2.24, 2.45) is 0 Å². The van der Waals surface area contributed by atoms with Crippen LogP contribution in [0.25, 0.3) is 5.76 Å². The van der Waals surface area contributed by atoms with Crippen molar-refractivity contribution >= 4 is 57.3 Å². The van der Waals surface area contributed by atoms with Crippen molar-refractivity contribution in [1.29, 1.82) is 0 Å². The summed E-state index contributed by atoms with van der Waals surface area (Å²) in [6.45, 7) is 4.54. The zero-order chi connectivity index (χ0) is 28.9. The fourth-order valence-corrected chi connectivity index (χ4v) is 6.37. The highest BCUT2D eigenvalue weighted by molar-refractivity contribution is 8.00. The molecule has 5 rings (SSSR count). The minimum atomic E-state index is -0.986. The summed E-state index contributed by atoms with van der Waals surface area (Å²) in [6.07, 6.45) is 0. The second-order valence-corrected chi connectivity index (χ2v) is 11.5. The number of carbonyl (C=O) groups excluding carboxylic acids is 2. The third-order valence-corrected chi connectivity index (χ3v) is 8.63. The molecule has 0 bridgehead atoms. The summed E-state index contributed by atoms with van der Waals surface area (Å²) in [5.74, 6) is -0.299. The monoisotopic (exact) mass is 607 g/mol. The third-order valence-electron chi connectivity index (χ3n) is 6.25. The Hall–Kier alpha value is -3.86. The van der Waals surface area contributed by atoms with Gasteiger partial charge in [-0.1, -0.05) is 71.1 Å². The number of anilines is 1. The van der Waals surface area contributed by atoms with Crippen LogP contribution in [-0.4, -0.2) is 40.2 Å². The van der Waals surface area contributed by atoms with Crippen LogP contribution >= 0.6 is 34.7 Å². The summed E-state index contributed by atoms with van der Waals surface area (Å²) in [5.41, 5.74) is 1.94. The molecule has 1 unspecified atom stereocenters. The molecule has 0 aliphatic carbocycles. The van der Waals surface area contributed by atoms with E-state index in [0.717, 1.165) is 5.56 Å². The number of ether oxygens (including phenoxy) is 2. The Morgan fingerprint density at radius 3 is 2.39 bits per heavy atom. The number of thioether (sulfide) groups is 1. The van der Waals surface area contributed by atoms with Crippen LogP contribution in [0, 0.1) is 0 Å². The molecule has 1 aliphatic rings. The molecule has 1 fully saturated rings. The Morgan fingerprint density at radius 2 is 1.68 bits per heavy atom. The largest absolute Gasteiger partial charge is 0.507 e. The summed E-state index contributed by atoms with van der Waals surface area (Å²) < 4.78 is 12.2. The number of aliphatic hydroxyl groups excluding tert-OH is 1. The van der Waals surface area contributed by atoms with E-state index >= 15 is 0 Å². The van der Waals surface area contributed by atoms with E-state index in [-0.39, 0.29) is 16.5 Å². The number of nitrogens with zero attached hydrogens (tertiary/aromatic N) is 3. The average Bonchev–Trinajstić information content (AvgIpc) is 3.55. The Morgan fingerprint density at radius 1 is 0.976 bits per heavy atom. The molecular weight excluding hydrogens is 582 g/mol. The van der Waals surface area contributed by atoms with Gasteiger partial charge in [0.15, 0.2) is 15.8 Å². The van der Waals surface area contributed by atoms with Crippen molar-refractivity contribution in [3.8, 4) is 11.5 Å². The molecule has 1 amide bonds. The first-order valence-electron chi connectivity index (χ1n) is 12.9. The number of halogens is 1. The number of hydrogen-bond donors (Lipinski definition) is 1. The predicted molar refractivity (Wildman–Crippen MR) is 161 cm³/mol. The van der Waals surface area contributed by atoms with Crippen LogP contribution in [0.3, 0.4) is 0 Å². The minimum absolute atomic E-state index is 0.0716. The van der Waals surface area contributed by atoms with Gasteiger partial charge in [0.05, 0.1) is 24.8 Å². The number of ketones is 1. The summed E-state index contributed by atoms with van der Waals surface area (Å²) in [7, 11) is 0. The molecule has 1 aliphatic heterocycles. The van der Waals surface area contributed by atoms with Crippen molar-refractivity contribution in [3.05, 3.63) is 100 Å². The zero-order valence-electron chi connectivity index (χ0n) is 22.2. The van der Waals surface area contributed by atoms with Crippen LogP contribution in [0.2, 0.25) is 5.02 Å². The number of Topliss-reactive ketones (excluding diaryl/α,β-unsaturated/α-hetero) is 1. The van der Waals surface area contributed by atoms with Crippen LogP contribution in [0.5, 0.6) is 11.5 Å². The lowest BCUT2D eigenvalue weighted by Crippen LogP contribution is -2.29. The van der Waals surface area contributed by atoms with Crippen LogP contribution in [0.4, 0.5) is 5.13 Å². The predicted octanol–water partition coefficient (Wildman–Crippen LogP) is 6.91. The van der Waals surface area contributed by atoms with E-state index in [1.165, 1.54) is 28.0 Å². The highest BCUT2D eigenvalue weighted by atomic mass is 35.5. The molecular formula is C30H26ClN3O5S2. The van der Waals surface area contributed by atoms with Gasteiger partial charge in [0.2, 0.25) is 5.13 Å². The maximum absolute atomic E-state index is 13.5. The molecule has 0 saturated carbocycles. The number of aromatic nitrogens is 2. The maximum Gasteiger partial charge on any atom is 0.301 e. The first-order valence-corrected chi connectivity index (χ1v) is 15.1. The molecule has 1 saturated heterocycles. The van der Waals surface area contributed by atoms with Gasteiger partial charge >= 0.3 is 5.91 Å². The standard InChI is InChI=1S/C30H26ClN3O5S2/c1-3-38-22-15-12-20(16-23(22)39-4-2)25-24(26(35)19-10-13-21(31)14-11-19)27(36)28(37)34(25)29-32-33-30(41-29)40-17-18-8-6-5-7-9-18/h5-16,25,35H,3-4,17H2,1-2H3. The second-order valence-electron chi connectivity index (χ2n) is 8.87. The molecule has 3 aromatic carbocycles. The van der Waals surface area contributed by atoms with Crippen molar-refractivity contribution in [2.75, 3.05) is 18.1 Å². The number of carbonyl (C=O) groups is 2. The molecule has 210 valence electrons. The Balaban J connectivity index is 1.59. The van der Waals surface area contributed by atoms with Gasteiger partial charge in [-0.05, 0) is 61.4 Å². The molecule has 41 heavy (non-hydrogen) atoms. The quantitative estimate of drug-likeness (QED) is 0.0682. The van der Waals surface area contributed by atoms with Crippen molar-refractivity contribution in [3.63, 3.8) is 0 Å². The molecule has 1 aromatic heterocycles. The molecule has 0 radical (unpaired) electrons. The number of hydrogen-bond acceptors (Lipinski definition) is 9. The van der Waals surface area contributed by atoms with Gasteiger partial charge < -0.3 is 14.6 Å². The number of rotatable bonds is 10. The van der Waals surface area contributed by atoms with Crippen molar-refractivity contribution in [2.45, 2.75) is 30.0 Å². The number of amides is 1. The van der Waals surface area contributed by atoms with Crippen LogP contribution < -0.4 is 14.4 Å². The van der Waals surface area contributed by atoms with Gasteiger partial charge in [0.1, 0.15) is 5.76 Å². The number of aliphatic hydroxyl groups is 1. The topological polar surface area (TPSA) is 102 Å². The molecule has 1 atom stereocenters. The Bertz CT molecular complexity index is 1590. The van der Waals surface area contributed by atoms with E-state index < -0.39 is 17.7 Å². The van der Waals surface area contributed by atoms with E-state index in [4.69, 9.17) is 21.1 Å². The Kier molecular flexibility index (Phi) is 8.92. The first-order chi connectivity index (χ1) is 19.9. The molecule has 2 heterocycles. The molecule has 8 nitrogen and oxygen atoms in total. The van der Waals surface area contributed by atoms with Gasteiger partial charge in [-0.15, -0.1) is 10.2 Å². The third kappa shape index (κ3) is 6.09. The van der Waals surface area contributed by atoms with Gasteiger partial charge in [-0.3, -0.25) is 14.5 Å². The van der Waals surface area contributed by atoms with Gasteiger partial charge in [0.25, 0.3) is 5.78 Å². The van der Waals surface area contributed by atoms with Gasteiger partial charge in [-0.2, -0.15) is 0 Å². The highest BCUT2D eigenvalue weighted by Gasteiger charge is 2.48. The van der Waals surface area contributed by atoms with Crippen LogP contribution in [0.1, 0.15) is 36.6 Å². The van der Waals surface area contributed by atoms with E-state index in [0.29, 0.717) is 51.0 Å². The van der Waals surface area contributed by atoms with Gasteiger partial charge in [-0.25, -0.2) is 0 Å². The lowest BCUT2D eigenvalue weighted by atomic mass is 9.95. The van der Waals surface area contributed by atoms with Crippen molar-refractivity contribution in [1.82, 2.24) is 10.2 Å². The average molecular weight is 608 g/mol. The van der Waals surface area contributed by atoms with Crippen LogP contribution in [-0.2, 0) is 15.3 Å². The maximum atomic E-state index is 13.5. The first kappa shape index (κ1) is 28.7. The minimum Gasteiger partial charge on any atom is -0.507 e. The number of benzene rings is 3. The summed E-state index contributed by atoms with van der Waals surface area (Å²) in [6, 6.07) is 20.5. The summed E-state index contributed by atoms with van der Waals surface area (Å²) in [5, 5.41) is 20.6. The summed E-state index contributed by atoms with van der Waals surface area (Å²) in [4.78, 5) is 28.3. The Labute approximate surface area is 250 Å². The van der Waals surface area contributed by atoms with Gasteiger partial charge in [0, 0.05) is 16.3 Å². The molecule has 1 N–H and O–H groups in total. The normalized spacial score (nSPS) is 16.3. The lowest BCUT2D eigenvalue weighted by molar-refractivity contribution is -0.132. The van der Waals surface area contributed by atoms with Crippen molar-refractivity contribution < 1.29 is 24.2 Å². The zero-order valence-corrected chi connectivity index (χ0v) is 24.6. The molecule has 11 heteroatoms. The van der Waals surface area contributed by atoms with E-state index in [1.807, 2.05) is 44.2 Å². The molecule has 0 spiro atoms. The second kappa shape index (κ2) is 12.8. The SMILES string of the molecule is CCOc1ccc(C2C(=C(O)c3ccc(Cl)cc3)C(=O)C(=O)N2c2nnc(SCc3ccccc3)s2)cc1OCC. The smallest absolute Gasteiger partial charge is 0.301 e. The fourth-order valence-electron chi connectivity index (χ4n) is 4.42. The molecule has 4 aromatic rings. The lowest BCUT2D eigenvalue weighted by Gasteiger charge is -2.23. The van der Waals surface area contributed by atoms with E-state index in [9.17, 15) is 14.7 Å². The fraction of sp³-hybridized carbons (Fsp3) is 0.200. The van der Waals surface area contributed by atoms with E-state index in [2.05, 4.69) is 10.2 Å². The van der Waals surface area contributed by atoms with Crippen LogP contribution in [0.15, 0.2) is 82.7 Å². The highest BCUT2D eigenvalue weighted by Crippen LogP contribution is 2.45. The van der Waals surface area contributed by atoms with E-state index in [1.54, 1.807) is 42.5 Å². The summed E-state index contributed by atoms with van der Waals surface area (Å²) >= 11 is 8.73.